The van der Waals surface area contributed by atoms with Crippen LogP contribution in [-0.4, -0.2) is 52.4 Å². The predicted octanol–water partition coefficient (Wildman–Crippen LogP) is 6.20. The monoisotopic (exact) mass is 655 g/mol. The number of nitrogens with zero attached hydrogens (tertiary/aromatic N) is 3. The van der Waals surface area contributed by atoms with E-state index in [9.17, 15) is 10.2 Å². The van der Waals surface area contributed by atoms with Crippen LogP contribution in [0.15, 0.2) is 60.8 Å². The van der Waals surface area contributed by atoms with Crippen LogP contribution in [0.25, 0.3) is 0 Å². The summed E-state index contributed by atoms with van der Waals surface area (Å²) in [6, 6.07) is 17.4. The number of pyridine rings is 1. The Bertz CT molecular complexity index is 1180. The van der Waals surface area contributed by atoms with Crippen molar-refractivity contribution in [3.8, 4) is 5.75 Å². The smallest absolute Gasteiger partial charge is 0.155 e. The fraction of sp³-hybridized carbons (Fsp3) is 0.393. The summed E-state index contributed by atoms with van der Waals surface area (Å²) in [6.45, 7) is 6.61. The standard InChI is InChI=1S/C28H32Cl2IN3O3/c1-3-19(2)37-24-10-11-26(25(30)14-24)34-13-12-33(16-27(34)20-4-7-22(29)8-5-20)18-28(31,36)21-6-9-23(17-35)32-15-21/h4-11,14-15,19,27,35-36H,3,12-13,16-18H2,1-2H3/t19-,27+,28-/m1/s1. The van der Waals surface area contributed by atoms with Crippen molar-refractivity contribution in [2.24, 2.45) is 0 Å². The van der Waals surface area contributed by atoms with Crippen molar-refractivity contribution < 1.29 is 14.9 Å². The molecule has 1 aliphatic heterocycles. The first-order valence-corrected chi connectivity index (χ1v) is 14.2. The highest BCUT2D eigenvalue weighted by molar-refractivity contribution is 14.1. The molecule has 1 fully saturated rings. The number of anilines is 1. The number of aliphatic hydroxyl groups excluding tert-OH is 1. The van der Waals surface area contributed by atoms with Crippen LogP contribution in [0.1, 0.15) is 43.1 Å². The molecule has 9 heteroatoms. The normalized spacial score (nSPS) is 18.9. The largest absolute Gasteiger partial charge is 0.491 e. The van der Waals surface area contributed by atoms with E-state index in [1.807, 2.05) is 55.5 Å². The molecule has 0 spiro atoms. The average Bonchev–Trinajstić information content (AvgIpc) is 2.89. The van der Waals surface area contributed by atoms with Gasteiger partial charge in [-0.15, -0.1) is 0 Å². The number of aliphatic hydroxyl groups is 2. The van der Waals surface area contributed by atoms with Crippen LogP contribution >= 0.6 is 45.8 Å². The van der Waals surface area contributed by atoms with Crippen LogP contribution in [0.3, 0.4) is 0 Å². The van der Waals surface area contributed by atoms with Gasteiger partial charge in [0.05, 0.1) is 35.2 Å². The molecule has 2 heterocycles. The minimum atomic E-state index is -1.13. The summed E-state index contributed by atoms with van der Waals surface area (Å²) in [5.74, 6) is 0.764. The summed E-state index contributed by atoms with van der Waals surface area (Å²) in [4.78, 5) is 8.82. The fourth-order valence-electron chi connectivity index (χ4n) is 4.48. The number of alkyl halides is 1. The number of halogens is 3. The molecule has 0 bridgehead atoms. The molecule has 37 heavy (non-hydrogen) atoms. The molecule has 0 radical (unpaired) electrons. The molecule has 1 aliphatic rings. The van der Waals surface area contributed by atoms with E-state index in [2.05, 4.69) is 44.3 Å². The van der Waals surface area contributed by atoms with Crippen molar-refractivity contribution >= 4 is 51.5 Å². The zero-order chi connectivity index (χ0) is 26.6. The molecule has 2 N–H and O–H groups in total. The van der Waals surface area contributed by atoms with Crippen molar-refractivity contribution in [3.63, 3.8) is 0 Å². The van der Waals surface area contributed by atoms with Gasteiger partial charge < -0.3 is 19.8 Å². The lowest BCUT2D eigenvalue weighted by atomic mass is 10.0. The van der Waals surface area contributed by atoms with Gasteiger partial charge >= 0.3 is 0 Å². The number of piperazine rings is 1. The van der Waals surface area contributed by atoms with Gasteiger partial charge in [0, 0.05) is 49.0 Å². The highest BCUT2D eigenvalue weighted by Gasteiger charge is 2.35. The van der Waals surface area contributed by atoms with Crippen LogP contribution in [0.5, 0.6) is 5.75 Å². The molecule has 0 unspecified atom stereocenters. The number of benzene rings is 2. The topological polar surface area (TPSA) is 69.1 Å². The van der Waals surface area contributed by atoms with Crippen LogP contribution in [0, 0.1) is 0 Å². The van der Waals surface area contributed by atoms with E-state index in [0.717, 1.165) is 36.5 Å². The summed E-state index contributed by atoms with van der Waals surface area (Å²) in [5, 5.41) is 21.9. The van der Waals surface area contributed by atoms with Gasteiger partial charge in [-0.25, -0.2) is 0 Å². The summed E-state index contributed by atoms with van der Waals surface area (Å²) >= 11 is 15.1. The Kier molecular flexibility index (Phi) is 9.58. The summed E-state index contributed by atoms with van der Waals surface area (Å²) in [7, 11) is 0. The van der Waals surface area contributed by atoms with E-state index in [1.165, 1.54) is 0 Å². The number of aromatic nitrogens is 1. The van der Waals surface area contributed by atoms with E-state index in [1.54, 1.807) is 12.3 Å². The zero-order valence-electron chi connectivity index (χ0n) is 20.9. The van der Waals surface area contributed by atoms with Crippen molar-refractivity contribution in [2.75, 3.05) is 31.1 Å². The van der Waals surface area contributed by atoms with Gasteiger partial charge in [-0.3, -0.25) is 9.88 Å². The van der Waals surface area contributed by atoms with Gasteiger partial charge in [0.2, 0.25) is 0 Å². The summed E-state index contributed by atoms with van der Waals surface area (Å²) < 4.78 is 4.84. The highest BCUT2D eigenvalue weighted by Crippen LogP contribution is 2.39. The van der Waals surface area contributed by atoms with Crippen molar-refractivity contribution in [1.82, 2.24) is 9.88 Å². The van der Waals surface area contributed by atoms with Crippen LogP contribution in [0.4, 0.5) is 5.69 Å². The molecule has 0 amide bonds. The van der Waals surface area contributed by atoms with E-state index < -0.39 is 3.61 Å². The zero-order valence-corrected chi connectivity index (χ0v) is 24.6. The molecule has 6 nitrogen and oxygen atoms in total. The lowest BCUT2D eigenvalue weighted by molar-refractivity contribution is 0.0855. The quantitative estimate of drug-likeness (QED) is 0.211. The van der Waals surface area contributed by atoms with Gasteiger partial charge in [-0.2, -0.15) is 0 Å². The second kappa shape index (κ2) is 12.5. The number of hydrogen-bond acceptors (Lipinski definition) is 6. The van der Waals surface area contributed by atoms with Crippen molar-refractivity contribution in [1.29, 1.82) is 0 Å². The molecule has 0 aliphatic carbocycles. The molecule has 0 saturated carbocycles. The SMILES string of the molecule is CC[C@@H](C)Oc1ccc(N2CCN(C[C@](O)(I)c3ccc(CO)nc3)C[C@H]2c2ccc(Cl)cc2)c(Cl)c1. The molecule has 1 saturated heterocycles. The van der Waals surface area contributed by atoms with Crippen molar-refractivity contribution in [2.45, 2.75) is 42.6 Å². The van der Waals surface area contributed by atoms with Gasteiger partial charge in [0.25, 0.3) is 0 Å². The third kappa shape index (κ3) is 7.07. The Morgan fingerprint density at radius 2 is 1.89 bits per heavy atom. The number of hydrogen-bond donors (Lipinski definition) is 2. The van der Waals surface area contributed by atoms with Gasteiger partial charge in [-0.1, -0.05) is 48.3 Å². The lowest BCUT2D eigenvalue weighted by Crippen LogP contribution is -2.51. The van der Waals surface area contributed by atoms with Gasteiger partial charge in [0.1, 0.15) is 5.75 Å². The van der Waals surface area contributed by atoms with E-state index in [-0.39, 0.29) is 18.8 Å². The first kappa shape index (κ1) is 28.4. The summed E-state index contributed by atoms with van der Waals surface area (Å²) in [5.41, 5.74) is 3.35. The first-order valence-electron chi connectivity index (χ1n) is 12.4. The van der Waals surface area contributed by atoms with Gasteiger partial charge in [-0.05, 0) is 71.8 Å². The van der Waals surface area contributed by atoms with E-state index in [4.69, 9.17) is 27.9 Å². The molecular weight excluding hydrogens is 624 g/mol. The summed E-state index contributed by atoms with van der Waals surface area (Å²) in [6.07, 6.45) is 2.67. The van der Waals surface area contributed by atoms with Crippen LogP contribution in [0.2, 0.25) is 10.0 Å². The van der Waals surface area contributed by atoms with Crippen LogP contribution < -0.4 is 9.64 Å². The maximum absolute atomic E-state index is 11.3. The third-order valence-corrected chi connectivity index (χ3v) is 8.24. The van der Waals surface area contributed by atoms with Crippen LogP contribution in [-0.2, 0) is 10.2 Å². The third-order valence-electron chi connectivity index (χ3n) is 6.72. The Balaban J connectivity index is 1.58. The Morgan fingerprint density at radius 3 is 2.51 bits per heavy atom. The Labute approximate surface area is 242 Å². The minimum Gasteiger partial charge on any atom is -0.491 e. The maximum Gasteiger partial charge on any atom is 0.155 e. The molecule has 3 atom stereocenters. The minimum absolute atomic E-state index is 0.00643. The molecular formula is C28H32Cl2IN3O3. The lowest BCUT2D eigenvalue weighted by Gasteiger charge is -2.45. The number of rotatable bonds is 9. The predicted molar refractivity (Wildman–Crippen MR) is 158 cm³/mol. The van der Waals surface area contributed by atoms with E-state index in [0.29, 0.717) is 34.4 Å². The van der Waals surface area contributed by atoms with Crippen molar-refractivity contribution in [3.05, 3.63) is 87.7 Å². The number of β-amino-alcohol motifs (C(OH)–C–C–N with tert-alkyl or cyclic N) is 1. The number of ether oxygens (including phenoxy) is 1. The van der Waals surface area contributed by atoms with Gasteiger partial charge in [0.15, 0.2) is 3.61 Å². The second-order valence-electron chi connectivity index (χ2n) is 9.40. The maximum atomic E-state index is 11.3. The highest BCUT2D eigenvalue weighted by atomic mass is 127. The molecule has 2 aromatic carbocycles. The average molecular weight is 656 g/mol. The Morgan fingerprint density at radius 1 is 1.14 bits per heavy atom. The van der Waals surface area contributed by atoms with E-state index >= 15 is 0 Å². The fourth-order valence-corrected chi connectivity index (χ4v) is 5.69. The molecule has 3 aromatic rings. The molecule has 4 rings (SSSR count). The second-order valence-corrected chi connectivity index (χ2v) is 12.0. The molecule has 198 valence electrons. The molecule has 1 aromatic heterocycles. The Hall–Kier alpha value is -1.62. The first-order chi connectivity index (χ1) is 17.7.